The lowest BCUT2D eigenvalue weighted by molar-refractivity contribution is 0.597. The van der Waals surface area contributed by atoms with Crippen molar-refractivity contribution in [1.29, 1.82) is 5.26 Å². The first-order valence-electron chi connectivity index (χ1n) is 5.44. The number of hydrogen-bond acceptors (Lipinski definition) is 4. The summed E-state index contributed by atoms with van der Waals surface area (Å²) in [5, 5.41) is 11.6. The Kier molecular flexibility index (Phi) is 4.67. The zero-order chi connectivity index (χ0) is 12.9. The van der Waals surface area contributed by atoms with Gasteiger partial charge in [-0.3, -0.25) is 5.32 Å². The molecule has 1 aromatic rings. The second-order valence-corrected chi connectivity index (χ2v) is 6.06. The van der Waals surface area contributed by atoms with E-state index in [4.69, 9.17) is 5.26 Å². The molecule has 0 saturated heterocycles. The number of nitrogens with zero attached hydrogens (tertiary/aromatic N) is 1. The number of sulfone groups is 1. The molecule has 0 amide bonds. The van der Waals surface area contributed by atoms with Crippen molar-refractivity contribution in [2.45, 2.75) is 31.3 Å². The minimum atomic E-state index is -3.12. The molecule has 1 aromatic carbocycles. The summed E-state index contributed by atoms with van der Waals surface area (Å²) >= 11 is 0. The number of hydrogen-bond donors (Lipinski definition) is 1. The molecule has 1 atom stereocenters. The van der Waals surface area contributed by atoms with Crippen molar-refractivity contribution in [2.24, 2.45) is 0 Å². The Morgan fingerprint density at radius 2 is 1.94 bits per heavy atom. The molecule has 0 fully saturated rings. The Balaban J connectivity index is 2.73. The van der Waals surface area contributed by atoms with Crippen LogP contribution in [-0.4, -0.2) is 20.2 Å². The lowest BCUT2D eigenvalue weighted by Gasteiger charge is -2.07. The van der Waals surface area contributed by atoms with Crippen LogP contribution in [0.4, 0.5) is 0 Å². The molecule has 0 aromatic heterocycles. The highest BCUT2D eigenvalue weighted by Gasteiger charge is 2.10. The molecule has 1 unspecified atom stereocenters. The predicted octanol–water partition coefficient (Wildman–Crippen LogP) is 1.48. The minimum Gasteiger partial charge on any atom is -0.298 e. The van der Waals surface area contributed by atoms with Crippen LogP contribution >= 0.6 is 0 Å². The average molecular weight is 252 g/mol. The Morgan fingerprint density at radius 1 is 1.35 bits per heavy atom. The van der Waals surface area contributed by atoms with E-state index in [0.29, 0.717) is 11.4 Å². The topological polar surface area (TPSA) is 70.0 Å². The van der Waals surface area contributed by atoms with Gasteiger partial charge >= 0.3 is 0 Å². The molecule has 17 heavy (non-hydrogen) atoms. The first-order valence-corrected chi connectivity index (χ1v) is 7.09. The van der Waals surface area contributed by atoms with E-state index in [0.717, 1.165) is 5.56 Å². The summed E-state index contributed by atoms with van der Waals surface area (Å²) in [6.07, 6.45) is 0. The highest BCUT2D eigenvalue weighted by atomic mass is 32.2. The lowest BCUT2D eigenvalue weighted by Crippen LogP contribution is -2.23. The van der Waals surface area contributed by atoms with Gasteiger partial charge in [-0.1, -0.05) is 19.1 Å². The summed E-state index contributed by atoms with van der Waals surface area (Å²) in [7, 11) is -3.12. The number of benzene rings is 1. The summed E-state index contributed by atoms with van der Waals surface area (Å²) < 4.78 is 23.1. The van der Waals surface area contributed by atoms with Crippen LogP contribution in [0.1, 0.15) is 19.4 Å². The monoisotopic (exact) mass is 252 g/mol. The summed E-state index contributed by atoms with van der Waals surface area (Å²) in [6.45, 7) is 3.95. The zero-order valence-electron chi connectivity index (χ0n) is 9.97. The van der Waals surface area contributed by atoms with E-state index in [1.807, 2.05) is 0 Å². The van der Waals surface area contributed by atoms with Crippen molar-refractivity contribution >= 4 is 9.84 Å². The Bertz CT molecular complexity index is 500. The van der Waals surface area contributed by atoms with Gasteiger partial charge in [0, 0.05) is 6.54 Å². The molecular weight excluding hydrogens is 236 g/mol. The summed E-state index contributed by atoms with van der Waals surface area (Å²) in [5.41, 5.74) is 0.960. The second kappa shape index (κ2) is 5.80. The fourth-order valence-electron chi connectivity index (χ4n) is 1.30. The van der Waals surface area contributed by atoms with Gasteiger partial charge in [0.25, 0.3) is 0 Å². The van der Waals surface area contributed by atoms with E-state index >= 15 is 0 Å². The van der Waals surface area contributed by atoms with Crippen LogP contribution in [0.15, 0.2) is 29.2 Å². The van der Waals surface area contributed by atoms with Crippen LogP contribution in [0.2, 0.25) is 0 Å². The summed E-state index contributed by atoms with van der Waals surface area (Å²) in [4.78, 5) is 0.345. The molecule has 0 heterocycles. The highest BCUT2D eigenvalue weighted by molar-refractivity contribution is 7.91. The van der Waals surface area contributed by atoms with E-state index in [1.165, 1.54) is 0 Å². The van der Waals surface area contributed by atoms with Gasteiger partial charge in [0.1, 0.15) is 0 Å². The fraction of sp³-hybridized carbons (Fsp3) is 0.417. The van der Waals surface area contributed by atoms with Gasteiger partial charge in [-0.2, -0.15) is 5.26 Å². The number of nitriles is 1. The Morgan fingerprint density at radius 3 is 2.41 bits per heavy atom. The molecule has 5 heteroatoms. The highest BCUT2D eigenvalue weighted by Crippen LogP contribution is 2.12. The van der Waals surface area contributed by atoms with Crippen LogP contribution in [0, 0.1) is 11.3 Å². The van der Waals surface area contributed by atoms with E-state index in [9.17, 15) is 8.42 Å². The van der Waals surface area contributed by atoms with Gasteiger partial charge in [-0.25, -0.2) is 8.42 Å². The number of nitrogens with one attached hydrogen (secondary N) is 1. The van der Waals surface area contributed by atoms with Crippen molar-refractivity contribution in [3.8, 4) is 6.07 Å². The van der Waals surface area contributed by atoms with Crippen LogP contribution in [0.3, 0.4) is 0 Å². The molecule has 0 aliphatic carbocycles. The molecule has 0 radical (unpaired) electrons. The lowest BCUT2D eigenvalue weighted by atomic mass is 10.2. The zero-order valence-corrected chi connectivity index (χ0v) is 10.8. The first kappa shape index (κ1) is 13.7. The van der Waals surface area contributed by atoms with Gasteiger partial charge in [-0.05, 0) is 24.6 Å². The summed E-state index contributed by atoms with van der Waals surface area (Å²) in [5.74, 6) is 0.107. The number of rotatable bonds is 5. The van der Waals surface area contributed by atoms with Crippen LogP contribution < -0.4 is 5.32 Å². The Hall–Kier alpha value is -1.38. The van der Waals surface area contributed by atoms with Gasteiger partial charge < -0.3 is 0 Å². The van der Waals surface area contributed by atoms with E-state index in [1.54, 1.807) is 38.1 Å². The molecule has 1 rings (SSSR count). The quantitative estimate of drug-likeness (QED) is 0.861. The molecule has 92 valence electrons. The average Bonchev–Trinajstić information content (AvgIpc) is 2.36. The predicted molar refractivity (Wildman–Crippen MR) is 66.1 cm³/mol. The molecule has 0 spiro atoms. The molecule has 4 nitrogen and oxygen atoms in total. The second-order valence-electron chi connectivity index (χ2n) is 3.78. The van der Waals surface area contributed by atoms with Gasteiger partial charge in [0.05, 0.1) is 22.8 Å². The SMILES string of the molecule is CCS(=O)(=O)c1ccc(CNC(C)C#N)cc1. The van der Waals surface area contributed by atoms with Crippen molar-refractivity contribution in [2.75, 3.05) is 5.75 Å². The Labute approximate surface area is 102 Å². The van der Waals surface area contributed by atoms with E-state index in [2.05, 4.69) is 11.4 Å². The fourth-order valence-corrected chi connectivity index (χ4v) is 2.18. The van der Waals surface area contributed by atoms with Crippen LogP contribution in [0.5, 0.6) is 0 Å². The normalized spacial score (nSPS) is 13.0. The van der Waals surface area contributed by atoms with Crippen molar-refractivity contribution in [3.63, 3.8) is 0 Å². The molecule has 1 N–H and O–H groups in total. The molecule has 0 bridgehead atoms. The van der Waals surface area contributed by atoms with Crippen LogP contribution in [0.25, 0.3) is 0 Å². The molecular formula is C12H16N2O2S. The standard InChI is InChI=1S/C12H16N2O2S/c1-3-17(15,16)12-6-4-11(5-7-12)9-14-10(2)8-13/h4-7,10,14H,3,9H2,1-2H3. The maximum atomic E-state index is 11.6. The third-order valence-electron chi connectivity index (χ3n) is 2.47. The van der Waals surface area contributed by atoms with Crippen molar-refractivity contribution < 1.29 is 8.42 Å². The van der Waals surface area contributed by atoms with Crippen LogP contribution in [-0.2, 0) is 16.4 Å². The maximum Gasteiger partial charge on any atom is 0.178 e. The maximum absolute atomic E-state index is 11.6. The van der Waals surface area contributed by atoms with E-state index < -0.39 is 9.84 Å². The molecule has 0 saturated carbocycles. The van der Waals surface area contributed by atoms with E-state index in [-0.39, 0.29) is 11.8 Å². The third-order valence-corrected chi connectivity index (χ3v) is 4.22. The molecule has 0 aliphatic rings. The minimum absolute atomic E-state index is 0.107. The first-order chi connectivity index (χ1) is 7.99. The van der Waals surface area contributed by atoms with Crippen molar-refractivity contribution in [1.82, 2.24) is 5.32 Å². The summed E-state index contributed by atoms with van der Waals surface area (Å²) in [6, 6.07) is 8.59. The van der Waals surface area contributed by atoms with Gasteiger partial charge in [-0.15, -0.1) is 0 Å². The molecule has 0 aliphatic heterocycles. The van der Waals surface area contributed by atoms with Gasteiger partial charge in [0.2, 0.25) is 0 Å². The largest absolute Gasteiger partial charge is 0.298 e. The van der Waals surface area contributed by atoms with Gasteiger partial charge in [0.15, 0.2) is 9.84 Å². The van der Waals surface area contributed by atoms with Crippen molar-refractivity contribution in [3.05, 3.63) is 29.8 Å². The third kappa shape index (κ3) is 3.84. The smallest absolute Gasteiger partial charge is 0.178 e.